The van der Waals surface area contributed by atoms with E-state index in [9.17, 15) is 13.5 Å². The molecule has 1 N–H and O–H groups in total. The second-order valence-corrected chi connectivity index (χ2v) is 11.4. The monoisotopic (exact) mass is 476 g/mol. The Hall–Kier alpha value is -2.51. The van der Waals surface area contributed by atoms with Gasteiger partial charge in [-0.1, -0.05) is 66.7 Å². The van der Waals surface area contributed by atoms with Crippen LogP contribution in [0.4, 0.5) is 0 Å². The van der Waals surface area contributed by atoms with Crippen LogP contribution < -0.4 is 0 Å². The first kappa shape index (κ1) is 23.2. The summed E-state index contributed by atoms with van der Waals surface area (Å²) >= 11 is 0. The van der Waals surface area contributed by atoms with Crippen LogP contribution in [0.5, 0.6) is 0 Å². The van der Waals surface area contributed by atoms with E-state index in [1.807, 2.05) is 31.2 Å². The fourth-order valence-corrected chi connectivity index (χ4v) is 7.18. The summed E-state index contributed by atoms with van der Waals surface area (Å²) in [4.78, 5) is 2.68. The molecular weight excluding hydrogens is 444 g/mol. The molecule has 5 nitrogen and oxygen atoms in total. The number of rotatable bonds is 5. The average molecular weight is 477 g/mol. The highest BCUT2D eigenvalue weighted by atomic mass is 32.2. The molecule has 0 aliphatic carbocycles. The number of aliphatic hydroxyl groups is 1. The summed E-state index contributed by atoms with van der Waals surface area (Å²) in [5.74, 6) is 0.100. The van der Waals surface area contributed by atoms with E-state index in [2.05, 4.69) is 41.3 Å². The van der Waals surface area contributed by atoms with Crippen LogP contribution in [0.25, 0.3) is 11.1 Å². The third kappa shape index (κ3) is 4.31. The number of aliphatic hydroxyl groups excluding tert-OH is 1. The van der Waals surface area contributed by atoms with Crippen molar-refractivity contribution in [1.29, 1.82) is 0 Å². The van der Waals surface area contributed by atoms with Gasteiger partial charge in [0.1, 0.15) is 0 Å². The molecule has 2 aliphatic heterocycles. The molecule has 0 saturated carbocycles. The van der Waals surface area contributed by atoms with Crippen molar-refractivity contribution >= 4 is 10.0 Å². The van der Waals surface area contributed by atoms with Gasteiger partial charge in [-0.2, -0.15) is 4.31 Å². The lowest BCUT2D eigenvalue weighted by Gasteiger charge is -2.57. The summed E-state index contributed by atoms with van der Waals surface area (Å²) in [6.07, 6.45) is 1.75. The second kappa shape index (κ2) is 9.62. The molecule has 5 rings (SSSR count). The van der Waals surface area contributed by atoms with Gasteiger partial charge in [0.05, 0.1) is 11.5 Å². The van der Waals surface area contributed by atoms with E-state index in [1.54, 1.807) is 22.5 Å². The summed E-state index contributed by atoms with van der Waals surface area (Å²) in [5, 5.41) is 10.2. The summed E-state index contributed by atoms with van der Waals surface area (Å²) in [5.41, 5.74) is 4.43. The second-order valence-electron chi connectivity index (χ2n) is 9.46. The van der Waals surface area contributed by atoms with Crippen molar-refractivity contribution in [1.82, 2.24) is 9.21 Å². The predicted octanol–water partition coefficient (Wildman–Crippen LogP) is 4.28. The van der Waals surface area contributed by atoms with Gasteiger partial charge in [-0.25, -0.2) is 8.42 Å². The molecule has 2 saturated heterocycles. The third-order valence-electron chi connectivity index (χ3n) is 7.36. The normalized spacial score (nSPS) is 24.0. The van der Waals surface area contributed by atoms with Gasteiger partial charge < -0.3 is 5.11 Å². The molecule has 0 aromatic heterocycles. The van der Waals surface area contributed by atoms with E-state index in [0.717, 1.165) is 36.1 Å². The van der Waals surface area contributed by atoms with Crippen molar-refractivity contribution in [2.75, 3.05) is 26.2 Å². The summed E-state index contributed by atoms with van der Waals surface area (Å²) in [6, 6.07) is 26.1. The largest absolute Gasteiger partial charge is 0.395 e. The number of nitrogens with zero attached hydrogens (tertiary/aromatic N) is 2. The maximum Gasteiger partial charge on any atom is 0.243 e. The Morgan fingerprint density at radius 1 is 0.882 bits per heavy atom. The lowest BCUT2D eigenvalue weighted by Crippen LogP contribution is -2.67. The highest BCUT2D eigenvalue weighted by Crippen LogP contribution is 2.43. The Balaban J connectivity index is 1.43. The van der Waals surface area contributed by atoms with Gasteiger partial charge in [0, 0.05) is 31.1 Å². The molecule has 3 aromatic rings. The van der Waals surface area contributed by atoms with E-state index in [-0.39, 0.29) is 24.6 Å². The van der Waals surface area contributed by atoms with Crippen molar-refractivity contribution in [3.8, 4) is 11.1 Å². The molecule has 34 heavy (non-hydrogen) atoms. The van der Waals surface area contributed by atoms with E-state index >= 15 is 0 Å². The molecule has 3 atom stereocenters. The van der Waals surface area contributed by atoms with E-state index in [1.165, 1.54) is 5.56 Å². The van der Waals surface area contributed by atoms with Crippen LogP contribution in [0, 0.1) is 6.92 Å². The maximum absolute atomic E-state index is 13.5. The minimum absolute atomic E-state index is 0.0224. The molecule has 2 aliphatic rings. The van der Waals surface area contributed by atoms with Gasteiger partial charge in [-0.15, -0.1) is 0 Å². The van der Waals surface area contributed by atoms with E-state index < -0.39 is 10.0 Å². The molecule has 2 fully saturated rings. The van der Waals surface area contributed by atoms with E-state index in [4.69, 9.17) is 0 Å². The quantitative estimate of drug-likeness (QED) is 0.597. The average Bonchev–Trinajstić information content (AvgIpc) is 2.84. The molecule has 0 amide bonds. The van der Waals surface area contributed by atoms with Crippen molar-refractivity contribution in [3.05, 3.63) is 90.0 Å². The van der Waals surface area contributed by atoms with E-state index in [0.29, 0.717) is 18.0 Å². The molecule has 6 heteroatoms. The Labute approximate surface area is 202 Å². The fraction of sp³-hybridized carbons (Fsp3) is 0.357. The summed E-state index contributed by atoms with van der Waals surface area (Å²) in [6.45, 7) is 3.86. The topological polar surface area (TPSA) is 60.9 Å². The molecule has 0 spiro atoms. The highest BCUT2D eigenvalue weighted by Gasteiger charge is 2.50. The Bertz CT molecular complexity index is 1230. The lowest BCUT2D eigenvalue weighted by atomic mass is 9.74. The Kier molecular flexibility index (Phi) is 6.58. The number of hydrogen-bond acceptors (Lipinski definition) is 4. The molecule has 3 aromatic carbocycles. The van der Waals surface area contributed by atoms with Gasteiger partial charge >= 0.3 is 0 Å². The van der Waals surface area contributed by atoms with Gasteiger partial charge in [-0.3, -0.25) is 4.90 Å². The molecule has 2 heterocycles. The van der Waals surface area contributed by atoms with Crippen molar-refractivity contribution in [2.24, 2.45) is 0 Å². The zero-order chi connectivity index (χ0) is 23.7. The van der Waals surface area contributed by atoms with Crippen LogP contribution in [0.1, 0.15) is 29.9 Å². The van der Waals surface area contributed by atoms with Crippen LogP contribution in [0.2, 0.25) is 0 Å². The van der Waals surface area contributed by atoms with Crippen LogP contribution in [0.3, 0.4) is 0 Å². The summed E-state index contributed by atoms with van der Waals surface area (Å²) in [7, 11) is -3.57. The van der Waals surface area contributed by atoms with Gasteiger partial charge in [0.25, 0.3) is 0 Å². The fourth-order valence-electron chi connectivity index (χ4n) is 5.58. The van der Waals surface area contributed by atoms with Crippen molar-refractivity contribution in [3.63, 3.8) is 0 Å². The van der Waals surface area contributed by atoms with Gasteiger partial charge in [0.15, 0.2) is 0 Å². The Morgan fingerprint density at radius 2 is 1.59 bits per heavy atom. The minimum Gasteiger partial charge on any atom is -0.395 e. The maximum atomic E-state index is 13.5. The molecular formula is C28H32N2O3S. The van der Waals surface area contributed by atoms with Crippen molar-refractivity contribution in [2.45, 2.75) is 42.7 Å². The van der Waals surface area contributed by atoms with Crippen molar-refractivity contribution < 1.29 is 13.5 Å². The number of aryl methyl sites for hydroxylation is 1. The summed E-state index contributed by atoms with van der Waals surface area (Å²) < 4.78 is 28.7. The molecule has 0 radical (unpaired) electrons. The number of benzene rings is 3. The minimum atomic E-state index is -3.57. The zero-order valence-electron chi connectivity index (χ0n) is 19.5. The molecule has 0 bridgehead atoms. The predicted molar refractivity (Wildman–Crippen MR) is 135 cm³/mol. The first-order valence-electron chi connectivity index (χ1n) is 12.1. The SMILES string of the molecule is Cc1cccc(S(=O)(=O)N2CCCCN3[C@H](CO)[C@@H](c4ccc(-c5ccccc5)cc4)[C@H]3C2)c1. The first-order valence-corrected chi connectivity index (χ1v) is 13.5. The number of fused-ring (bicyclic) bond motifs is 1. The zero-order valence-corrected chi connectivity index (χ0v) is 20.4. The van der Waals surface area contributed by atoms with Crippen LogP contribution in [-0.2, 0) is 10.0 Å². The standard InChI is InChI=1S/C28H32N2O3S/c1-21-8-7-11-25(18-21)34(32,33)29-16-5-6-17-30-26(19-29)28(27(30)20-31)24-14-12-23(13-15-24)22-9-3-2-4-10-22/h2-4,7-15,18,26-28,31H,5-6,16-17,19-20H2,1H3/t26-,27-,28+/m1/s1. The number of sulfonamides is 1. The van der Waals surface area contributed by atoms with Gasteiger partial charge in [-0.05, 0) is 60.7 Å². The first-order chi connectivity index (χ1) is 16.5. The smallest absolute Gasteiger partial charge is 0.243 e. The molecule has 178 valence electrons. The van der Waals surface area contributed by atoms with Gasteiger partial charge in [0.2, 0.25) is 10.0 Å². The van der Waals surface area contributed by atoms with Crippen LogP contribution in [-0.4, -0.2) is 61.1 Å². The Morgan fingerprint density at radius 3 is 2.29 bits per heavy atom. The lowest BCUT2D eigenvalue weighted by molar-refractivity contribution is -0.0553. The highest BCUT2D eigenvalue weighted by molar-refractivity contribution is 7.89. The number of hydrogen-bond donors (Lipinski definition) is 1. The molecule has 0 unspecified atom stereocenters. The third-order valence-corrected chi connectivity index (χ3v) is 9.22. The van der Waals surface area contributed by atoms with Crippen LogP contribution >= 0.6 is 0 Å². The van der Waals surface area contributed by atoms with Crippen LogP contribution in [0.15, 0.2) is 83.8 Å².